The van der Waals surface area contributed by atoms with Crippen molar-refractivity contribution in [1.29, 1.82) is 0 Å². The van der Waals surface area contributed by atoms with Gasteiger partial charge in [-0.3, -0.25) is 4.90 Å². The van der Waals surface area contributed by atoms with Crippen molar-refractivity contribution >= 4 is 16.5 Å². The second-order valence-electron chi connectivity index (χ2n) is 7.43. The number of fused-ring (bicyclic) bond motifs is 1. The Balaban J connectivity index is 1.26. The second kappa shape index (κ2) is 9.16. The van der Waals surface area contributed by atoms with Gasteiger partial charge in [0.1, 0.15) is 24.2 Å². The summed E-state index contributed by atoms with van der Waals surface area (Å²) < 4.78 is 11.2. The molecule has 4 rings (SSSR count). The highest BCUT2D eigenvalue weighted by Crippen LogP contribution is 2.25. The SMILES string of the molecule is COc1ccc(N2CCN(CC(O)COc3cccc4ccccc34)CC2)cc1. The fraction of sp³-hybridized carbons (Fsp3) is 0.333. The molecule has 1 atom stereocenters. The van der Waals surface area contributed by atoms with Crippen LogP contribution in [-0.2, 0) is 0 Å². The van der Waals surface area contributed by atoms with Gasteiger partial charge in [0, 0.05) is 43.8 Å². The molecule has 3 aromatic rings. The van der Waals surface area contributed by atoms with E-state index in [1.54, 1.807) is 7.11 Å². The molecule has 0 aromatic heterocycles. The minimum atomic E-state index is -0.512. The Bertz CT molecular complexity index is 916. The van der Waals surface area contributed by atoms with Crippen LogP contribution in [0.4, 0.5) is 5.69 Å². The van der Waals surface area contributed by atoms with Crippen LogP contribution in [0.1, 0.15) is 0 Å². The predicted octanol–water partition coefficient (Wildman–Crippen LogP) is 3.41. The second-order valence-corrected chi connectivity index (χ2v) is 7.43. The van der Waals surface area contributed by atoms with E-state index >= 15 is 0 Å². The Morgan fingerprint density at radius 3 is 2.38 bits per heavy atom. The lowest BCUT2D eigenvalue weighted by atomic mass is 10.1. The van der Waals surface area contributed by atoms with E-state index in [4.69, 9.17) is 9.47 Å². The maximum Gasteiger partial charge on any atom is 0.127 e. The molecule has 1 N–H and O–H groups in total. The van der Waals surface area contributed by atoms with Gasteiger partial charge in [-0.05, 0) is 35.7 Å². The van der Waals surface area contributed by atoms with E-state index in [9.17, 15) is 5.11 Å². The van der Waals surface area contributed by atoms with Crippen LogP contribution < -0.4 is 14.4 Å². The number of benzene rings is 3. The summed E-state index contributed by atoms with van der Waals surface area (Å²) in [7, 11) is 1.68. The van der Waals surface area contributed by atoms with Crippen LogP contribution in [-0.4, -0.2) is 62.6 Å². The normalized spacial score (nSPS) is 16.0. The summed E-state index contributed by atoms with van der Waals surface area (Å²) in [6, 6.07) is 22.4. The van der Waals surface area contributed by atoms with Crippen LogP contribution >= 0.6 is 0 Å². The molecule has 0 spiro atoms. The fourth-order valence-electron chi connectivity index (χ4n) is 3.84. The van der Waals surface area contributed by atoms with Crippen molar-refractivity contribution < 1.29 is 14.6 Å². The molecule has 1 aliphatic rings. The summed E-state index contributed by atoms with van der Waals surface area (Å²) in [4.78, 5) is 4.67. The molecule has 0 radical (unpaired) electrons. The molecule has 1 saturated heterocycles. The smallest absolute Gasteiger partial charge is 0.127 e. The summed E-state index contributed by atoms with van der Waals surface area (Å²) in [5, 5.41) is 12.7. The topological polar surface area (TPSA) is 45.2 Å². The lowest BCUT2D eigenvalue weighted by Gasteiger charge is -2.36. The predicted molar refractivity (Wildman–Crippen MR) is 117 cm³/mol. The number of nitrogens with zero attached hydrogens (tertiary/aromatic N) is 2. The molecule has 29 heavy (non-hydrogen) atoms. The van der Waals surface area contributed by atoms with Gasteiger partial charge in [0.05, 0.1) is 7.11 Å². The highest BCUT2D eigenvalue weighted by molar-refractivity contribution is 5.88. The van der Waals surface area contributed by atoms with Crippen molar-refractivity contribution in [2.45, 2.75) is 6.10 Å². The number of aliphatic hydroxyl groups is 1. The van der Waals surface area contributed by atoms with Crippen molar-refractivity contribution in [1.82, 2.24) is 4.90 Å². The average Bonchev–Trinajstić information content (AvgIpc) is 2.78. The van der Waals surface area contributed by atoms with Crippen molar-refractivity contribution in [2.75, 3.05) is 51.3 Å². The zero-order valence-corrected chi connectivity index (χ0v) is 16.8. The average molecular weight is 392 g/mol. The van der Waals surface area contributed by atoms with Gasteiger partial charge in [0.2, 0.25) is 0 Å². The summed E-state index contributed by atoms with van der Waals surface area (Å²) in [6.45, 7) is 4.68. The van der Waals surface area contributed by atoms with Gasteiger partial charge in [-0.2, -0.15) is 0 Å². The third-order valence-corrected chi connectivity index (χ3v) is 5.46. The van der Waals surface area contributed by atoms with E-state index in [0.717, 1.165) is 48.5 Å². The molecule has 1 unspecified atom stereocenters. The van der Waals surface area contributed by atoms with Crippen LogP contribution in [0.15, 0.2) is 66.7 Å². The Morgan fingerprint density at radius 2 is 1.62 bits per heavy atom. The van der Waals surface area contributed by atoms with E-state index in [0.29, 0.717) is 13.2 Å². The summed E-state index contributed by atoms with van der Waals surface area (Å²) in [5.74, 6) is 1.70. The Labute approximate surface area is 172 Å². The monoisotopic (exact) mass is 392 g/mol. The highest BCUT2D eigenvalue weighted by Gasteiger charge is 2.20. The molecule has 0 aliphatic carbocycles. The highest BCUT2D eigenvalue weighted by atomic mass is 16.5. The minimum Gasteiger partial charge on any atom is -0.497 e. The Morgan fingerprint density at radius 1 is 0.897 bits per heavy atom. The number of piperazine rings is 1. The summed E-state index contributed by atoms with van der Waals surface area (Å²) in [5.41, 5.74) is 1.21. The zero-order valence-electron chi connectivity index (χ0n) is 16.8. The Hall–Kier alpha value is -2.76. The standard InChI is InChI=1S/C24H28N2O3/c1-28-22-11-9-20(10-12-22)26-15-13-25(14-16-26)17-21(27)18-29-24-8-4-6-19-5-2-3-7-23(19)24/h2-12,21,27H,13-18H2,1H3. The van der Waals surface area contributed by atoms with Crippen LogP contribution in [0.3, 0.4) is 0 Å². The first kappa shape index (κ1) is 19.6. The van der Waals surface area contributed by atoms with Gasteiger partial charge in [0.15, 0.2) is 0 Å². The molecule has 1 fully saturated rings. The number of ether oxygens (including phenoxy) is 2. The first-order valence-corrected chi connectivity index (χ1v) is 10.1. The summed E-state index contributed by atoms with van der Waals surface area (Å²) in [6.07, 6.45) is -0.512. The van der Waals surface area contributed by atoms with Gasteiger partial charge in [-0.15, -0.1) is 0 Å². The lowest BCUT2D eigenvalue weighted by molar-refractivity contribution is 0.0668. The van der Waals surface area contributed by atoms with Crippen molar-refractivity contribution in [2.24, 2.45) is 0 Å². The fourth-order valence-corrected chi connectivity index (χ4v) is 3.84. The molecular formula is C24H28N2O3. The number of hydrogen-bond donors (Lipinski definition) is 1. The Kier molecular flexibility index (Phi) is 6.17. The first-order chi connectivity index (χ1) is 14.2. The molecule has 1 aliphatic heterocycles. The number of hydrogen-bond acceptors (Lipinski definition) is 5. The van der Waals surface area contributed by atoms with Crippen molar-refractivity contribution in [3.05, 3.63) is 66.7 Å². The quantitative estimate of drug-likeness (QED) is 0.668. The minimum absolute atomic E-state index is 0.298. The molecule has 5 heteroatoms. The van der Waals surface area contributed by atoms with Crippen LogP contribution in [0, 0.1) is 0 Å². The van der Waals surface area contributed by atoms with Crippen molar-refractivity contribution in [3.63, 3.8) is 0 Å². The maximum atomic E-state index is 10.5. The molecule has 3 aromatic carbocycles. The number of aliphatic hydroxyl groups excluding tert-OH is 1. The zero-order chi connectivity index (χ0) is 20.1. The van der Waals surface area contributed by atoms with Gasteiger partial charge in [-0.1, -0.05) is 36.4 Å². The number of rotatable bonds is 7. The molecule has 5 nitrogen and oxygen atoms in total. The first-order valence-electron chi connectivity index (χ1n) is 10.1. The lowest BCUT2D eigenvalue weighted by Crippen LogP contribution is -2.49. The van der Waals surface area contributed by atoms with Gasteiger partial charge in [0.25, 0.3) is 0 Å². The number of anilines is 1. The van der Waals surface area contributed by atoms with Crippen LogP contribution in [0.2, 0.25) is 0 Å². The van der Waals surface area contributed by atoms with E-state index in [2.05, 4.69) is 40.1 Å². The number of β-amino-alcohol motifs (C(OH)–C–C–N with tert-alkyl or cyclic N) is 1. The molecule has 0 saturated carbocycles. The third-order valence-electron chi connectivity index (χ3n) is 5.46. The van der Waals surface area contributed by atoms with E-state index < -0.39 is 6.10 Å². The van der Waals surface area contributed by atoms with Gasteiger partial charge >= 0.3 is 0 Å². The molecule has 152 valence electrons. The van der Waals surface area contributed by atoms with E-state index in [1.165, 1.54) is 5.69 Å². The number of methoxy groups -OCH3 is 1. The van der Waals surface area contributed by atoms with Gasteiger partial charge in [-0.25, -0.2) is 0 Å². The summed E-state index contributed by atoms with van der Waals surface area (Å²) >= 11 is 0. The third kappa shape index (κ3) is 4.81. The van der Waals surface area contributed by atoms with Gasteiger partial charge < -0.3 is 19.5 Å². The van der Waals surface area contributed by atoms with E-state index in [-0.39, 0.29) is 0 Å². The molecular weight excluding hydrogens is 364 g/mol. The molecule has 0 amide bonds. The van der Waals surface area contributed by atoms with E-state index in [1.807, 2.05) is 36.4 Å². The van der Waals surface area contributed by atoms with Crippen LogP contribution in [0.25, 0.3) is 10.8 Å². The maximum absolute atomic E-state index is 10.5. The molecule has 1 heterocycles. The largest absolute Gasteiger partial charge is 0.497 e. The van der Waals surface area contributed by atoms with Crippen molar-refractivity contribution in [3.8, 4) is 11.5 Å². The molecule has 0 bridgehead atoms. The van der Waals surface area contributed by atoms with Crippen LogP contribution in [0.5, 0.6) is 11.5 Å².